The number of nitriles is 1. The van der Waals surface area contributed by atoms with Crippen LogP contribution in [0.1, 0.15) is 24.0 Å². The Labute approximate surface area is 230 Å². The number of methoxy groups -OCH3 is 1. The first-order valence-corrected chi connectivity index (χ1v) is 13.1. The van der Waals surface area contributed by atoms with Crippen molar-refractivity contribution in [2.45, 2.75) is 19.8 Å². The Morgan fingerprint density at radius 2 is 1.79 bits per heavy atom. The van der Waals surface area contributed by atoms with E-state index < -0.39 is 17.6 Å². The number of nitrogens with one attached hydrogen (secondary N) is 3. The standard InChI is InChI=1S/C30H27FN4O3S/c1-18-9-8-10-20(15-18)34-26(36)17-39-30-22(16-32)28(21-11-4-5-12-23(21)31)27(19(2)33-30)29(37)35-24-13-6-7-14-25(24)38-3/h4-15,28,33H,17H2,1-3H3,(H,34,36)(H,35,37)/t28-/m0/s1. The monoisotopic (exact) mass is 542 g/mol. The molecule has 0 saturated carbocycles. The number of aryl methyl sites for hydroxylation is 1. The molecule has 0 unspecified atom stereocenters. The number of hydrogen-bond acceptors (Lipinski definition) is 6. The maximum absolute atomic E-state index is 15.1. The van der Waals surface area contributed by atoms with Crippen LogP contribution in [0.25, 0.3) is 0 Å². The summed E-state index contributed by atoms with van der Waals surface area (Å²) in [6.07, 6.45) is 0. The number of carbonyl (C=O) groups is 2. The molecule has 1 aliphatic rings. The summed E-state index contributed by atoms with van der Waals surface area (Å²) in [5.74, 6) is -1.85. The molecular formula is C30H27FN4O3S. The van der Waals surface area contributed by atoms with Gasteiger partial charge in [-0.15, -0.1) is 0 Å². The highest BCUT2D eigenvalue weighted by Gasteiger charge is 2.36. The zero-order valence-corrected chi connectivity index (χ0v) is 22.5. The van der Waals surface area contributed by atoms with Gasteiger partial charge < -0.3 is 20.7 Å². The van der Waals surface area contributed by atoms with Crippen molar-refractivity contribution in [1.29, 1.82) is 5.26 Å². The summed E-state index contributed by atoms with van der Waals surface area (Å²) >= 11 is 1.12. The number of rotatable bonds is 8. The van der Waals surface area contributed by atoms with Crippen LogP contribution in [0.2, 0.25) is 0 Å². The molecule has 39 heavy (non-hydrogen) atoms. The second kappa shape index (κ2) is 12.3. The largest absolute Gasteiger partial charge is 0.495 e. The van der Waals surface area contributed by atoms with Crippen molar-refractivity contribution in [1.82, 2.24) is 5.32 Å². The van der Waals surface area contributed by atoms with E-state index in [0.717, 1.165) is 17.3 Å². The minimum Gasteiger partial charge on any atom is -0.495 e. The van der Waals surface area contributed by atoms with E-state index in [2.05, 4.69) is 22.0 Å². The summed E-state index contributed by atoms with van der Waals surface area (Å²) in [5, 5.41) is 19.4. The van der Waals surface area contributed by atoms with E-state index in [9.17, 15) is 14.9 Å². The average molecular weight is 543 g/mol. The van der Waals surface area contributed by atoms with Crippen molar-refractivity contribution in [2.75, 3.05) is 23.5 Å². The molecule has 0 aromatic heterocycles. The topological polar surface area (TPSA) is 103 Å². The van der Waals surface area contributed by atoms with Crippen LogP contribution in [-0.2, 0) is 9.59 Å². The molecule has 4 rings (SSSR count). The molecule has 1 aliphatic heterocycles. The van der Waals surface area contributed by atoms with Gasteiger partial charge in [-0.05, 0) is 49.7 Å². The fourth-order valence-electron chi connectivity index (χ4n) is 4.34. The average Bonchev–Trinajstić information content (AvgIpc) is 2.92. The first kappa shape index (κ1) is 27.5. The summed E-state index contributed by atoms with van der Waals surface area (Å²) in [6.45, 7) is 3.62. The molecule has 0 saturated heterocycles. The quantitative estimate of drug-likeness (QED) is 0.330. The number of thioether (sulfide) groups is 1. The van der Waals surface area contributed by atoms with E-state index in [4.69, 9.17) is 4.74 Å². The predicted molar refractivity (Wildman–Crippen MR) is 152 cm³/mol. The third kappa shape index (κ3) is 6.30. The molecular weight excluding hydrogens is 515 g/mol. The van der Waals surface area contributed by atoms with E-state index >= 15 is 4.39 Å². The normalized spacial score (nSPS) is 14.8. The number of carbonyl (C=O) groups excluding carboxylic acids is 2. The van der Waals surface area contributed by atoms with Crippen LogP contribution in [0.3, 0.4) is 0 Å². The van der Waals surface area contributed by atoms with Gasteiger partial charge in [0.25, 0.3) is 5.91 Å². The third-order valence-electron chi connectivity index (χ3n) is 6.11. The van der Waals surface area contributed by atoms with E-state index in [0.29, 0.717) is 27.9 Å². The fraction of sp³-hybridized carbons (Fsp3) is 0.167. The molecule has 9 heteroatoms. The highest BCUT2D eigenvalue weighted by Crippen LogP contribution is 2.42. The van der Waals surface area contributed by atoms with Gasteiger partial charge in [0.05, 0.1) is 41.1 Å². The molecule has 0 fully saturated rings. The van der Waals surface area contributed by atoms with Gasteiger partial charge in [-0.3, -0.25) is 9.59 Å². The number of ether oxygens (including phenoxy) is 1. The Morgan fingerprint density at radius 1 is 1.05 bits per heavy atom. The lowest BCUT2D eigenvalue weighted by molar-refractivity contribution is -0.114. The van der Waals surface area contributed by atoms with E-state index in [1.165, 1.54) is 13.2 Å². The van der Waals surface area contributed by atoms with Crippen LogP contribution >= 0.6 is 11.8 Å². The number of amides is 2. The third-order valence-corrected chi connectivity index (χ3v) is 7.13. The van der Waals surface area contributed by atoms with Crippen molar-refractivity contribution in [3.05, 3.63) is 112 Å². The van der Waals surface area contributed by atoms with E-state index in [-0.39, 0.29) is 28.4 Å². The fourth-order valence-corrected chi connectivity index (χ4v) is 5.23. The van der Waals surface area contributed by atoms with Gasteiger partial charge in [0.15, 0.2) is 0 Å². The second-order valence-corrected chi connectivity index (χ2v) is 9.82. The molecule has 7 nitrogen and oxygen atoms in total. The lowest BCUT2D eigenvalue weighted by Gasteiger charge is -2.30. The maximum Gasteiger partial charge on any atom is 0.254 e. The Hall–Kier alpha value is -4.55. The van der Waals surface area contributed by atoms with Crippen LogP contribution < -0.4 is 20.7 Å². The Bertz CT molecular complexity index is 1530. The summed E-state index contributed by atoms with van der Waals surface area (Å²) in [5.41, 5.74) is 3.07. The van der Waals surface area contributed by atoms with Gasteiger partial charge >= 0.3 is 0 Å². The minimum absolute atomic E-state index is 0.00146. The number of halogens is 1. The predicted octanol–water partition coefficient (Wildman–Crippen LogP) is 5.85. The molecule has 198 valence electrons. The van der Waals surface area contributed by atoms with Crippen molar-refractivity contribution in [3.8, 4) is 11.8 Å². The molecule has 2 amide bonds. The Balaban J connectivity index is 1.66. The van der Waals surface area contributed by atoms with Crippen molar-refractivity contribution in [3.63, 3.8) is 0 Å². The maximum atomic E-state index is 15.1. The van der Waals surface area contributed by atoms with Crippen LogP contribution in [0.5, 0.6) is 5.75 Å². The molecule has 3 aromatic rings. The highest BCUT2D eigenvalue weighted by atomic mass is 32.2. The number of benzene rings is 3. The first-order valence-electron chi connectivity index (χ1n) is 12.1. The number of para-hydroxylation sites is 2. The zero-order chi connectivity index (χ0) is 27.9. The van der Waals surface area contributed by atoms with Crippen LogP contribution in [-0.4, -0.2) is 24.7 Å². The van der Waals surface area contributed by atoms with Crippen molar-refractivity contribution < 1.29 is 18.7 Å². The van der Waals surface area contributed by atoms with E-state index in [1.807, 2.05) is 25.1 Å². The molecule has 0 aliphatic carbocycles. The number of nitrogens with zero attached hydrogens (tertiary/aromatic N) is 1. The van der Waals surface area contributed by atoms with Crippen LogP contribution in [0.4, 0.5) is 15.8 Å². The summed E-state index contributed by atoms with van der Waals surface area (Å²) in [7, 11) is 1.49. The molecule has 1 heterocycles. The van der Waals surface area contributed by atoms with Gasteiger partial charge in [-0.25, -0.2) is 4.39 Å². The second-order valence-electron chi connectivity index (χ2n) is 8.83. The zero-order valence-electron chi connectivity index (χ0n) is 21.7. The summed E-state index contributed by atoms with van der Waals surface area (Å²) in [4.78, 5) is 26.3. The minimum atomic E-state index is -0.991. The molecule has 0 bridgehead atoms. The lowest BCUT2D eigenvalue weighted by atomic mass is 9.82. The van der Waals surface area contributed by atoms with Crippen molar-refractivity contribution >= 4 is 35.0 Å². The Kier molecular flexibility index (Phi) is 8.69. The summed E-state index contributed by atoms with van der Waals surface area (Å²) in [6, 6.07) is 22.6. The SMILES string of the molecule is COc1ccccc1NC(=O)C1=C(C)NC(SCC(=O)Nc2cccc(C)c2)=C(C#N)[C@@H]1c1ccccc1F. The number of anilines is 2. The molecule has 1 atom stereocenters. The molecule has 3 aromatic carbocycles. The summed E-state index contributed by atoms with van der Waals surface area (Å²) < 4.78 is 20.5. The van der Waals surface area contributed by atoms with Gasteiger partial charge in [-0.2, -0.15) is 5.26 Å². The van der Waals surface area contributed by atoms with Gasteiger partial charge in [0.2, 0.25) is 5.91 Å². The smallest absolute Gasteiger partial charge is 0.254 e. The molecule has 3 N–H and O–H groups in total. The first-order chi connectivity index (χ1) is 18.8. The van der Waals surface area contributed by atoms with Crippen molar-refractivity contribution in [2.24, 2.45) is 0 Å². The van der Waals surface area contributed by atoms with E-state index in [1.54, 1.807) is 55.5 Å². The molecule has 0 spiro atoms. The molecule has 0 radical (unpaired) electrons. The van der Waals surface area contributed by atoms with Gasteiger partial charge in [0, 0.05) is 22.5 Å². The number of allylic oxidation sites excluding steroid dienone is 2. The van der Waals surface area contributed by atoms with Crippen LogP contribution in [0, 0.1) is 24.1 Å². The number of dihydropyridines is 1. The van der Waals surface area contributed by atoms with Gasteiger partial charge in [-0.1, -0.05) is 54.2 Å². The Morgan fingerprint density at radius 3 is 2.51 bits per heavy atom. The lowest BCUT2D eigenvalue weighted by Crippen LogP contribution is -2.31. The highest BCUT2D eigenvalue weighted by molar-refractivity contribution is 8.03. The number of hydrogen-bond donors (Lipinski definition) is 3. The van der Waals surface area contributed by atoms with Crippen LogP contribution in [0.15, 0.2) is 94.7 Å². The van der Waals surface area contributed by atoms with Gasteiger partial charge in [0.1, 0.15) is 11.6 Å².